The van der Waals surface area contributed by atoms with Crippen LogP contribution in [0.25, 0.3) is 0 Å². The third kappa shape index (κ3) is 11.6. The molecule has 1 fully saturated rings. The second kappa shape index (κ2) is 9.54. The molecule has 15 nitrogen and oxygen atoms in total. The standard InChI is InChI=1S/C10H27N3O12P4/c1-10(13(8-28(20,21)22)9-29(23,24)25)4-11(6-26(14,15)16)2-3-12(5-10)7-27(17,18)19/h2-9H2,1H3,(H2,14,15,16)(H2,17,18,19)(H2,20,21,22)(H2,23,24,25). The van der Waals surface area contributed by atoms with E-state index in [-0.39, 0.29) is 26.2 Å². The molecule has 19 heteroatoms. The van der Waals surface area contributed by atoms with E-state index >= 15 is 0 Å². The zero-order valence-electron chi connectivity index (χ0n) is 15.5. The fourth-order valence-corrected chi connectivity index (χ4v) is 6.70. The van der Waals surface area contributed by atoms with Crippen molar-refractivity contribution in [3.8, 4) is 0 Å². The largest absolute Gasteiger partial charge is 0.339 e. The number of hydrogen-bond donors (Lipinski definition) is 8. The molecule has 174 valence electrons. The fraction of sp³-hybridized carbons (Fsp3) is 1.00. The molecule has 0 unspecified atom stereocenters. The van der Waals surface area contributed by atoms with Gasteiger partial charge in [0.25, 0.3) is 0 Å². The van der Waals surface area contributed by atoms with Crippen molar-refractivity contribution in [2.45, 2.75) is 12.5 Å². The summed E-state index contributed by atoms with van der Waals surface area (Å²) in [5, 5.41) is 0. The van der Waals surface area contributed by atoms with Crippen LogP contribution in [0.1, 0.15) is 6.92 Å². The minimum atomic E-state index is -4.81. The minimum Gasteiger partial charge on any atom is -0.324 e. The molecular weight excluding hydrogens is 478 g/mol. The van der Waals surface area contributed by atoms with Crippen LogP contribution in [0.3, 0.4) is 0 Å². The van der Waals surface area contributed by atoms with Gasteiger partial charge < -0.3 is 39.1 Å². The first-order valence-electron chi connectivity index (χ1n) is 8.06. The summed E-state index contributed by atoms with van der Waals surface area (Å²) >= 11 is 0. The Bertz CT molecular complexity index is 697. The number of nitrogens with zero attached hydrogens (tertiary/aromatic N) is 3. The molecule has 0 aromatic rings. The van der Waals surface area contributed by atoms with E-state index < -0.39 is 61.1 Å². The van der Waals surface area contributed by atoms with Crippen LogP contribution in [-0.2, 0) is 18.3 Å². The Kier molecular flexibility index (Phi) is 9.05. The zero-order valence-corrected chi connectivity index (χ0v) is 19.1. The van der Waals surface area contributed by atoms with Crippen molar-refractivity contribution in [2.24, 2.45) is 0 Å². The first kappa shape index (κ1) is 27.5. The van der Waals surface area contributed by atoms with Crippen LogP contribution in [0.4, 0.5) is 0 Å². The lowest BCUT2D eigenvalue weighted by Crippen LogP contribution is -2.57. The van der Waals surface area contributed by atoms with E-state index in [1.165, 1.54) is 16.7 Å². The molecule has 0 aromatic heterocycles. The van der Waals surface area contributed by atoms with Gasteiger partial charge in [0.1, 0.15) is 25.1 Å². The van der Waals surface area contributed by atoms with Crippen molar-refractivity contribution in [1.29, 1.82) is 0 Å². The fourth-order valence-electron chi connectivity index (χ4n) is 3.25. The molecule has 0 spiro atoms. The summed E-state index contributed by atoms with van der Waals surface area (Å²) in [6.07, 6.45) is -3.62. The molecule has 0 radical (unpaired) electrons. The van der Waals surface area contributed by atoms with Crippen molar-refractivity contribution in [3.05, 3.63) is 0 Å². The Balaban J connectivity index is 3.34. The maximum absolute atomic E-state index is 11.5. The smallest absolute Gasteiger partial charge is 0.324 e. The summed E-state index contributed by atoms with van der Waals surface area (Å²) in [7, 11) is -18.7. The highest BCUT2D eigenvalue weighted by atomic mass is 31.2. The van der Waals surface area contributed by atoms with Crippen LogP contribution in [0.5, 0.6) is 0 Å². The second-order valence-electron chi connectivity index (χ2n) is 7.37. The molecular formula is C10H27N3O12P4. The van der Waals surface area contributed by atoms with Gasteiger partial charge >= 0.3 is 30.4 Å². The summed E-state index contributed by atoms with van der Waals surface area (Å²) in [6.45, 7) is 0.731. The first-order valence-corrected chi connectivity index (χ1v) is 15.2. The predicted octanol–water partition coefficient (Wildman–Crippen LogP) is -1.79. The normalized spacial score (nSPS) is 20.8. The molecule has 29 heavy (non-hydrogen) atoms. The third-order valence-corrected chi connectivity index (χ3v) is 7.06. The van der Waals surface area contributed by atoms with Gasteiger partial charge in [-0.2, -0.15) is 0 Å². The highest BCUT2D eigenvalue weighted by molar-refractivity contribution is 7.52. The molecule has 0 atom stereocenters. The molecule has 1 rings (SSSR count). The summed E-state index contributed by atoms with van der Waals surface area (Å²) in [5.41, 5.74) is -1.51. The SMILES string of the molecule is CC1(N(CP(=O)(O)O)CP(=O)(O)O)CN(CP(=O)(O)O)CCN(CP(=O)(O)O)C1. The van der Waals surface area contributed by atoms with Crippen LogP contribution >= 0.6 is 30.4 Å². The van der Waals surface area contributed by atoms with Gasteiger partial charge in [-0.25, -0.2) is 0 Å². The average molecular weight is 505 g/mol. The summed E-state index contributed by atoms with van der Waals surface area (Å²) < 4.78 is 45.9. The highest BCUT2D eigenvalue weighted by Crippen LogP contribution is 2.45. The van der Waals surface area contributed by atoms with Crippen LogP contribution < -0.4 is 0 Å². The first-order chi connectivity index (χ1) is 12.7. The van der Waals surface area contributed by atoms with Gasteiger partial charge in [-0.15, -0.1) is 0 Å². The van der Waals surface area contributed by atoms with Gasteiger partial charge in [-0.05, 0) is 6.92 Å². The van der Waals surface area contributed by atoms with E-state index in [4.69, 9.17) is 0 Å². The van der Waals surface area contributed by atoms with E-state index in [2.05, 4.69) is 0 Å². The summed E-state index contributed by atoms with van der Waals surface area (Å²) in [6, 6.07) is 0. The Hall–Kier alpha value is 0.480. The third-order valence-electron chi connectivity index (χ3n) is 4.10. The molecule has 0 aliphatic carbocycles. The maximum atomic E-state index is 11.5. The molecule has 0 amide bonds. The lowest BCUT2D eigenvalue weighted by Gasteiger charge is -2.44. The van der Waals surface area contributed by atoms with Crippen molar-refractivity contribution in [3.63, 3.8) is 0 Å². The Morgan fingerprint density at radius 2 is 1.00 bits per heavy atom. The second-order valence-corrected chi connectivity index (χ2v) is 13.8. The molecule has 1 aliphatic heterocycles. The van der Waals surface area contributed by atoms with E-state index in [0.29, 0.717) is 0 Å². The highest BCUT2D eigenvalue weighted by Gasteiger charge is 2.44. The Morgan fingerprint density at radius 1 is 0.690 bits per heavy atom. The van der Waals surface area contributed by atoms with E-state index in [1.807, 2.05) is 0 Å². The van der Waals surface area contributed by atoms with Crippen molar-refractivity contribution in [1.82, 2.24) is 14.7 Å². The van der Waals surface area contributed by atoms with Crippen LogP contribution in [0.15, 0.2) is 0 Å². The van der Waals surface area contributed by atoms with Gasteiger partial charge in [0.2, 0.25) is 0 Å². The van der Waals surface area contributed by atoms with Gasteiger partial charge in [-0.1, -0.05) is 0 Å². The Labute approximate surface area is 167 Å². The maximum Gasteiger partial charge on any atom is 0.339 e. The Morgan fingerprint density at radius 3 is 1.24 bits per heavy atom. The summed E-state index contributed by atoms with van der Waals surface area (Å²) in [4.78, 5) is 77.7. The minimum absolute atomic E-state index is 0.0413. The molecule has 1 aliphatic rings. The number of hydrogen-bond acceptors (Lipinski definition) is 7. The monoisotopic (exact) mass is 505 g/mol. The topological polar surface area (TPSA) is 240 Å². The van der Waals surface area contributed by atoms with Gasteiger partial charge in [0, 0.05) is 31.7 Å². The van der Waals surface area contributed by atoms with Gasteiger partial charge in [0.05, 0.1) is 0 Å². The predicted molar refractivity (Wildman–Crippen MR) is 101 cm³/mol. The molecule has 8 N–H and O–H groups in total. The lowest BCUT2D eigenvalue weighted by molar-refractivity contribution is 0.0797. The van der Waals surface area contributed by atoms with E-state index in [1.54, 1.807) is 0 Å². The molecule has 1 heterocycles. The molecule has 0 bridgehead atoms. The van der Waals surface area contributed by atoms with Crippen LogP contribution in [0.2, 0.25) is 0 Å². The van der Waals surface area contributed by atoms with E-state index in [0.717, 1.165) is 4.90 Å². The van der Waals surface area contributed by atoms with Crippen molar-refractivity contribution < 1.29 is 57.4 Å². The lowest BCUT2D eigenvalue weighted by atomic mass is 10.0. The summed E-state index contributed by atoms with van der Waals surface area (Å²) in [5.74, 6) is 0. The molecule has 1 saturated heterocycles. The average Bonchev–Trinajstić information content (AvgIpc) is 2.51. The van der Waals surface area contributed by atoms with Crippen molar-refractivity contribution in [2.75, 3.05) is 51.3 Å². The molecule has 0 saturated carbocycles. The van der Waals surface area contributed by atoms with Gasteiger partial charge in [0.15, 0.2) is 0 Å². The van der Waals surface area contributed by atoms with E-state index in [9.17, 15) is 57.4 Å². The molecule has 0 aromatic carbocycles. The van der Waals surface area contributed by atoms with Crippen LogP contribution in [0, 0.1) is 0 Å². The van der Waals surface area contributed by atoms with Crippen LogP contribution in [-0.4, -0.2) is 111 Å². The van der Waals surface area contributed by atoms with Crippen molar-refractivity contribution >= 4 is 30.4 Å². The number of rotatable bonds is 9. The quantitative estimate of drug-likeness (QED) is 0.161. The zero-order chi connectivity index (χ0) is 22.9. The van der Waals surface area contributed by atoms with Gasteiger partial charge in [-0.3, -0.25) is 33.0 Å².